The van der Waals surface area contributed by atoms with E-state index < -0.39 is 23.8 Å². The van der Waals surface area contributed by atoms with E-state index in [4.69, 9.17) is 0 Å². The second kappa shape index (κ2) is 17.3. The van der Waals surface area contributed by atoms with Crippen molar-refractivity contribution in [2.24, 2.45) is 0 Å². The van der Waals surface area contributed by atoms with Gasteiger partial charge >= 0.3 is 0 Å². The van der Waals surface area contributed by atoms with Crippen LogP contribution in [0.25, 0.3) is 0 Å². The number of rotatable bonds is 16. The van der Waals surface area contributed by atoms with E-state index in [1.807, 2.05) is 0 Å². The van der Waals surface area contributed by atoms with Crippen molar-refractivity contribution in [3.63, 3.8) is 0 Å². The van der Waals surface area contributed by atoms with Crippen molar-refractivity contribution in [1.82, 2.24) is 36.8 Å². The van der Waals surface area contributed by atoms with Crippen LogP contribution in [0.3, 0.4) is 0 Å². The summed E-state index contributed by atoms with van der Waals surface area (Å²) in [5.41, 5.74) is 0. The lowest BCUT2D eigenvalue weighted by Crippen LogP contribution is -2.54. The van der Waals surface area contributed by atoms with Gasteiger partial charge in [0.05, 0.1) is 38.8 Å². The van der Waals surface area contributed by atoms with Gasteiger partial charge in [-0.05, 0) is 27.2 Å². The number of hydrogen-bond acceptors (Lipinski definition) is 7. The average molecular weight is 472 g/mol. The van der Waals surface area contributed by atoms with Gasteiger partial charge in [-0.2, -0.15) is 0 Å². The van der Waals surface area contributed by atoms with Gasteiger partial charge in [0.15, 0.2) is 0 Å². The molecule has 0 aromatic rings. The maximum atomic E-state index is 12.7. The minimum atomic E-state index is -0.898. The molecule has 6 N–H and O–H groups in total. The SMILES string of the molecule is CCNC(=O)CNC(=O)CN(CC(=O)NCC(=O)NCC)C(CC)C(=O)NCC(=O)NCC. The molecule has 0 radical (unpaired) electrons. The molecule has 188 valence electrons. The summed E-state index contributed by atoms with van der Waals surface area (Å²) in [4.78, 5) is 73.5. The van der Waals surface area contributed by atoms with Gasteiger partial charge in [0.2, 0.25) is 35.4 Å². The predicted octanol–water partition coefficient (Wildman–Crippen LogP) is -3.18. The monoisotopic (exact) mass is 471 g/mol. The molecule has 0 spiro atoms. The number of carbonyl (C=O) groups is 6. The van der Waals surface area contributed by atoms with Crippen molar-refractivity contribution < 1.29 is 28.8 Å². The van der Waals surface area contributed by atoms with Crippen LogP contribution < -0.4 is 31.9 Å². The molecule has 13 nitrogen and oxygen atoms in total. The summed E-state index contributed by atoms with van der Waals surface area (Å²) in [6.07, 6.45) is 0.244. The van der Waals surface area contributed by atoms with E-state index in [-0.39, 0.29) is 56.9 Å². The quantitative estimate of drug-likeness (QED) is 0.137. The van der Waals surface area contributed by atoms with Crippen LogP contribution in [0.1, 0.15) is 34.1 Å². The molecule has 13 heteroatoms. The van der Waals surface area contributed by atoms with Crippen molar-refractivity contribution >= 4 is 35.4 Å². The second-order valence-corrected chi connectivity index (χ2v) is 6.96. The fourth-order valence-electron chi connectivity index (χ4n) is 2.79. The molecule has 0 fully saturated rings. The first-order chi connectivity index (χ1) is 15.7. The second-order valence-electron chi connectivity index (χ2n) is 6.96. The highest BCUT2D eigenvalue weighted by atomic mass is 16.2. The molecule has 33 heavy (non-hydrogen) atoms. The number of carbonyl (C=O) groups excluding carboxylic acids is 6. The molecule has 0 aliphatic carbocycles. The third-order valence-electron chi connectivity index (χ3n) is 4.26. The Bertz CT molecular complexity index is 650. The molecule has 1 atom stereocenters. The summed E-state index contributed by atoms with van der Waals surface area (Å²) >= 11 is 0. The highest BCUT2D eigenvalue weighted by molar-refractivity contribution is 5.90. The van der Waals surface area contributed by atoms with Crippen LogP contribution in [-0.2, 0) is 28.8 Å². The van der Waals surface area contributed by atoms with E-state index in [9.17, 15) is 28.8 Å². The summed E-state index contributed by atoms with van der Waals surface area (Å²) in [5, 5.41) is 15.0. The first kappa shape index (κ1) is 29.8. The zero-order valence-corrected chi connectivity index (χ0v) is 19.8. The van der Waals surface area contributed by atoms with E-state index in [0.29, 0.717) is 19.6 Å². The molecule has 0 rings (SSSR count). The molecule has 6 amide bonds. The van der Waals surface area contributed by atoms with E-state index >= 15 is 0 Å². The molecule has 0 aromatic heterocycles. The minimum Gasteiger partial charge on any atom is -0.355 e. The minimum absolute atomic E-state index is 0.244. The predicted molar refractivity (Wildman–Crippen MR) is 121 cm³/mol. The van der Waals surface area contributed by atoms with Crippen LogP contribution in [0.2, 0.25) is 0 Å². The van der Waals surface area contributed by atoms with Crippen molar-refractivity contribution in [2.45, 2.75) is 40.2 Å². The summed E-state index contributed by atoms with van der Waals surface area (Å²) < 4.78 is 0. The smallest absolute Gasteiger partial charge is 0.239 e. The molecular weight excluding hydrogens is 434 g/mol. The summed E-state index contributed by atoms with van der Waals surface area (Å²) in [6.45, 7) is 6.73. The Balaban J connectivity index is 5.21. The Morgan fingerprint density at radius 1 is 0.545 bits per heavy atom. The molecule has 0 saturated heterocycles. The van der Waals surface area contributed by atoms with Crippen LogP contribution in [0.5, 0.6) is 0 Å². The van der Waals surface area contributed by atoms with Gasteiger partial charge in [-0.1, -0.05) is 6.92 Å². The number of hydrogen-bond donors (Lipinski definition) is 6. The van der Waals surface area contributed by atoms with Crippen LogP contribution in [0.15, 0.2) is 0 Å². The van der Waals surface area contributed by atoms with E-state index in [1.165, 1.54) is 4.90 Å². The van der Waals surface area contributed by atoms with Crippen molar-refractivity contribution in [3.8, 4) is 0 Å². The van der Waals surface area contributed by atoms with Crippen LogP contribution in [0.4, 0.5) is 0 Å². The lowest BCUT2D eigenvalue weighted by atomic mass is 10.1. The number of amides is 6. The molecule has 0 aliphatic heterocycles. The van der Waals surface area contributed by atoms with Crippen molar-refractivity contribution in [3.05, 3.63) is 0 Å². The van der Waals surface area contributed by atoms with Gasteiger partial charge < -0.3 is 31.9 Å². The fourth-order valence-corrected chi connectivity index (χ4v) is 2.79. The molecule has 0 aromatic carbocycles. The van der Waals surface area contributed by atoms with Crippen molar-refractivity contribution in [1.29, 1.82) is 0 Å². The highest BCUT2D eigenvalue weighted by Crippen LogP contribution is 2.05. The zero-order chi connectivity index (χ0) is 25.2. The molecular formula is C20H37N7O6. The first-order valence-corrected chi connectivity index (χ1v) is 11.0. The number of nitrogens with zero attached hydrogens (tertiary/aromatic N) is 1. The topological polar surface area (TPSA) is 178 Å². The summed E-state index contributed by atoms with van der Waals surface area (Å²) in [5.74, 6) is -2.77. The van der Waals surface area contributed by atoms with Gasteiger partial charge in [0.1, 0.15) is 0 Å². The highest BCUT2D eigenvalue weighted by Gasteiger charge is 2.28. The van der Waals surface area contributed by atoms with E-state index in [0.717, 1.165) is 0 Å². The molecule has 1 unspecified atom stereocenters. The molecule has 0 heterocycles. The van der Waals surface area contributed by atoms with Gasteiger partial charge in [-0.25, -0.2) is 0 Å². The van der Waals surface area contributed by atoms with Gasteiger partial charge in [-0.15, -0.1) is 0 Å². The van der Waals surface area contributed by atoms with Gasteiger partial charge in [0.25, 0.3) is 0 Å². The number of nitrogens with one attached hydrogen (secondary N) is 6. The van der Waals surface area contributed by atoms with E-state index in [2.05, 4.69) is 31.9 Å². The Morgan fingerprint density at radius 2 is 0.909 bits per heavy atom. The van der Waals surface area contributed by atoms with Gasteiger partial charge in [0, 0.05) is 19.6 Å². The lowest BCUT2D eigenvalue weighted by molar-refractivity contribution is -0.134. The average Bonchev–Trinajstić information content (AvgIpc) is 2.76. The van der Waals surface area contributed by atoms with Gasteiger partial charge in [-0.3, -0.25) is 33.7 Å². The maximum Gasteiger partial charge on any atom is 0.239 e. The zero-order valence-electron chi connectivity index (χ0n) is 19.8. The lowest BCUT2D eigenvalue weighted by Gasteiger charge is -2.29. The Labute approximate surface area is 194 Å². The summed E-state index contributed by atoms with van der Waals surface area (Å²) in [6, 6.07) is -0.898. The molecule has 0 saturated carbocycles. The van der Waals surface area contributed by atoms with Crippen LogP contribution >= 0.6 is 0 Å². The largest absolute Gasteiger partial charge is 0.355 e. The van der Waals surface area contributed by atoms with Crippen LogP contribution in [0, 0.1) is 0 Å². The Hall–Kier alpha value is -3.22. The Morgan fingerprint density at radius 3 is 1.24 bits per heavy atom. The van der Waals surface area contributed by atoms with Crippen molar-refractivity contribution in [2.75, 3.05) is 52.4 Å². The Kier molecular flexibility index (Phi) is 15.7. The maximum absolute atomic E-state index is 12.7. The van der Waals surface area contributed by atoms with E-state index in [1.54, 1.807) is 27.7 Å². The normalized spacial score (nSPS) is 11.2. The third-order valence-corrected chi connectivity index (χ3v) is 4.26. The molecule has 0 aliphatic rings. The number of likely N-dealkylation sites (N-methyl/N-ethyl adjacent to an activating group) is 3. The standard InChI is InChI=1S/C20H37N7O6/c1-5-14(20(33)26-11-17(30)23-8-4)27(12-18(31)24-9-15(28)21-6-2)13-19(32)25-10-16(29)22-7-3/h14H,5-13H2,1-4H3,(H,21,28)(H,22,29)(H,23,30)(H,24,31)(H,25,32)(H,26,33). The molecule has 0 bridgehead atoms. The first-order valence-electron chi connectivity index (χ1n) is 11.0. The third kappa shape index (κ3) is 13.7. The van der Waals surface area contributed by atoms with Crippen LogP contribution in [-0.4, -0.2) is 98.7 Å². The summed E-state index contributed by atoms with van der Waals surface area (Å²) in [7, 11) is 0. The fraction of sp³-hybridized carbons (Fsp3) is 0.700.